The van der Waals surface area contributed by atoms with E-state index in [2.05, 4.69) is 26.1 Å². The summed E-state index contributed by atoms with van der Waals surface area (Å²) in [7, 11) is 0. The first kappa shape index (κ1) is 10.2. The van der Waals surface area contributed by atoms with Crippen LogP contribution < -0.4 is 0 Å². The quantitative estimate of drug-likeness (QED) is 0.852. The van der Waals surface area contributed by atoms with Crippen molar-refractivity contribution in [2.75, 3.05) is 6.61 Å². The molecule has 5 heteroatoms. The highest BCUT2D eigenvalue weighted by Gasteiger charge is 2.16. The van der Waals surface area contributed by atoms with Gasteiger partial charge in [-0.2, -0.15) is 5.10 Å². The van der Waals surface area contributed by atoms with Crippen molar-refractivity contribution in [1.29, 1.82) is 0 Å². The molecule has 0 spiro atoms. The molecule has 1 heterocycles. The molecule has 0 fully saturated rings. The zero-order chi connectivity index (χ0) is 10.8. The number of aromatic amines is 1. The van der Waals surface area contributed by atoms with Gasteiger partial charge in [0.25, 0.3) is 0 Å². The van der Waals surface area contributed by atoms with Gasteiger partial charge in [-0.05, 0) is 19.1 Å². The molecular formula is C10H9BrN2O2. The van der Waals surface area contributed by atoms with Gasteiger partial charge in [0.2, 0.25) is 0 Å². The van der Waals surface area contributed by atoms with Gasteiger partial charge in [-0.15, -0.1) is 0 Å². The molecule has 1 N–H and O–H groups in total. The van der Waals surface area contributed by atoms with E-state index in [-0.39, 0.29) is 0 Å². The van der Waals surface area contributed by atoms with Crippen LogP contribution in [0, 0.1) is 0 Å². The summed E-state index contributed by atoms with van der Waals surface area (Å²) in [6.45, 7) is 2.11. The predicted molar refractivity (Wildman–Crippen MR) is 59.8 cm³/mol. The lowest BCUT2D eigenvalue weighted by Gasteiger charge is -1.99. The minimum atomic E-state index is -0.407. The van der Waals surface area contributed by atoms with Crippen molar-refractivity contribution >= 4 is 32.8 Å². The van der Waals surface area contributed by atoms with Gasteiger partial charge in [-0.25, -0.2) is 4.79 Å². The Morgan fingerprint density at radius 2 is 2.40 bits per heavy atom. The Labute approximate surface area is 94.7 Å². The molecule has 1 aromatic heterocycles. The number of nitrogens with one attached hydrogen (secondary N) is 1. The van der Waals surface area contributed by atoms with Crippen LogP contribution in [0.4, 0.5) is 0 Å². The third-order valence-corrected chi connectivity index (χ3v) is 2.67. The van der Waals surface area contributed by atoms with Gasteiger partial charge in [0.1, 0.15) is 0 Å². The molecule has 0 aliphatic rings. The smallest absolute Gasteiger partial charge is 0.359 e. The van der Waals surface area contributed by atoms with Crippen molar-refractivity contribution in [2.45, 2.75) is 6.92 Å². The number of ether oxygens (including phenoxy) is 1. The number of aromatic nitrogens is 2. The lowest BCUT2D eigenvalue weighted by molar-refractivity contribution is 0.0521. The molecule has 78 valence electrons. The Balaban J connectivity index is 2.57. The molecular weight excluding hydrogens is 260 g/mol. The minimum absolute atomic E-state index is 0.319. The van der Waals surface area contributed by atoms with Crippen LogP contribution in [0.1, 0.15) is 17.4 Å². The number of carbonyl (C=O) groups excluding carboxylic acids is 1. The van der Waals surface area contributed by atoms with Crippen LogP contribution >= 0.6 is 15.9 Å². The summed E-state index contributed by atoms with van der Waals surface area (Å²) in [5.41, 5.74) is 1.13. The van der Waals surface area contributed by atoms with E-state index in [4.69, 9.17) is 4.74 Å². The molecule has 0 atom stereocenters. The summed E-state index contributed by atoms with van der Waals surface area (Å²) < 4.78 is 5.74. The molecule has 0 saturated heterocycles. The summed E-state index contributed by atoms with van der Waals surface area (Å²) in [5.74, 6) is -0.407. The number of carbonyl (C=O) groups is 1. The fraction of sp³-hybridized carbons (Fsp3) is 0.200. The average molecular weight is 269 g/mol. The van der Waals surface area contributed by atoms with Crippen LogP contribution in [0.3, 0.4) is 0 Å². The Kier molecular flexibility index (Phi) is 2.73. The Bertz CT molecular complexity index is 507. The SMILES string of the molecule is CCOC(=O)c1n[nH]c2cccc(Br)c12. The molecule has 0 bridgehead atoms. The second-order valence-electron chi connectivity index (χ2n) is 2.96. The summed E-state index contributed by atoms with van der Waals surface area (Å²) in [6, 6.07) is 5.59. The average Bonchev–Trinajstić information content (AvgIpc) is 2.63. The highest BCUT2D eigenvalue weighted by atomic mass is 79.9. The maximum atomic E-state index is 11.5. The first-order valence-corrected chi connectivity index (χ1v) is 5.33. The van der Waals surface area contributed by atoms with Gasteiger partial charge in [-0.1, -0.05) is 22.0 Å². The number of rotatable bonds is 2. The third-order valence-electron chi connectivity index (χ3n) is 2.01. The summed E-state index contributed by atoms with van der Waals surface area (Å²) >= 11 is 3.38. The van der Waals surface area contributed by atoms with Crippen LogP contribution in [-0.4, -0.2) is 22.8 Å². The second kappa shape index (κ2) is 4.02. The maximum Gasteiger partial charge on any atom is 0.359 e. The normalized spacial score (nSPS) is 10.5. The van der Waals surface area contributed by atoms with Crippen molar-refractivity contribution in [1.82, 2.24) is 10.2 Å². The van der Waals surface area contributed by atoms with Crippen molar-refractivity contribution in [3.05, 3.63) is 28.4 Å². The van der Waals surface area contributed by atoms with E-state index in [1.165, 1.54) is 0 Å². The van der Waals surface area contributed by atoms with Crippen LogP contribution in [0.25, 0.3) is 10.9 Å². The van der Waals surface area contributed by atoms with E-state index in [0.717, 1.165) is 15.4 Å². The number of fused-ring (bicyclic) bond motifs is 1. The summed E-state index contributed by atoms with van der Waals surface area (Å²) in [4.78, 5) is 11.5. The minimum Gasteiger partial charge on any atom is -0.461 e. The van der Waals surface area contributed by atoms with Gasteiger partial charge >= 0.3 is 5.97 Å². The highest BCUT2D eigenvalue weighted by Crippen LogP contribution is 2.25. The molecule has 15 heavy (non-hydrogen) atoms. The lowest BCUT2D eigenvalue weighted by Crippen LogP contribution is -2.05. The summed E-state index contributed by atoms with van der Waals surface area (Å²) in [5, 5.41) is 7.49. The van der Waals surface area contributed by atoms with E-state index < -0.39 is 5.97 Å². The van der Waals surface area contributed by atoms with Gasteiger partial charge in [0.15, 0.2) is 5.69 Å². The fourth-order valence-electron chi connectivity index (χ4n) is 1.38. The van der Waals surface area contributed by atoms with Gasteiger partial charge in [0.05, 0.1) is 12.1 Å². The van der Waals surface area contributed by atoms with E-state index in [9.17, 15) is 4.79 Å². The highest BCUT2D eigenvalue weighted by molar-refractivity contribution is 9.10. The third kappa shape index (κ3) is 1.74. The predicted octanol–water partition coefficient (Wildman–Crippen LogP) is 2.50. The van der Waals surface area contributed by atoms with E-state index in [0.29, 0.717) is 12.3 Å². The largest absolute Gasteiger partial charge is 0.461 e. The number of hydrogen-bond acceptors (Lipinski definition) is 3. The monoisotopic (exact) mass is 268 g/mol. The van der Waals surface area contributed by atoms with Crippen molar-refractivity contribution < 1.29 is 9.53 Å². The number of benzene rings is 1. The van der Waals surface area contributed by atoms with Crippen LogP contribution in [0.5, 0.6) is 0 Å². The molecule has 1 aromatic carbocycles. The van der Waals surface area contributed by atoms with Gasteiger partial charge in [-0.3, -0.25) is 5.10 Å². The number of nitrogens with zero attached hydrogens (tertiary/aromatic N) is 1. The van der Waals surface area contributed by atoms with E-state index in [1.807, 2.05) is 18.2 Å². The standard InChI is InChI=1S/C10H9BrN2O2/c1-2-15-10(14)9-8-6(11)4-3-5-7(8)12-13-9/h3-5H,2H2,1H3,(H,12,13). The number of hydrogen-bond donors (Lipinski definition) is 1. The Morgan fingerprint density at radius 3 is 3.13 bits per heavy atom. The van der Waals surface area contributed by atoms with E-state index >= 15 is 0 Å². The number of halogens is 1. The molecule has 2 aromatic rings. The maximum absolute atomic E-state index is 11.5. The summed E-state index contributed by atoms with van der Waals surface area (Å²) in [6.07, 6.45) is 0. The number of esters is 1. The van der Waals surface area contributed by atoms with E-state index in [1.54, 1.807) is 6.92 Å². The van der Waals surface area contributed by atoms with Gasteiger partial charge < -0.3 is 4.74 Å². The lowest BCUT2D eigenvalue weighted by atomic mass is 10.2. The zero-order valence-electron chi connectivity index (χ0n) is 8.08. The second-order valence-corrected chi connectivity index (χ2v) is 3.81. The molecule has 0 amide bonds. The van der Waals surface area contributed by atoms with Crippen molar-refractivity contribution in [2.24, 2.45) is 0 Å². The molecule has 0 radical (unpaired) electrons. The molecule has 0 aliphatic heterocycles. The van der Waals surface area contributed by atoms with Crippen LogP contribution in [0.2, 0.25) is 0 Å². The van der Waals surface area contributed by atoms with Gasteiger partial charge in [0, 0.05) is 9.86 Å². The first-order chi connectivity index (χ1) is 7.24. The first-order valence-electron chi connectivity index (χ1n) is 4.53. The van der Waals surface area contributed by atoms with Crippen molar-refractivity contribution in [3.8, 4) is 0 Å². The zero-order valence-corrected chi connectivity index (χ0v) is 9.67. The Hall–Kier alpha value is -1.36. The fourth-order valence-corrected chi connectivity index (χ4v) is 1.93. The topological polar surface area (TPSA) is 55.0 Å². The van der Waals surface area contributed by atoms with Crippen molar-refractivity contribution in [3.63, 3.8) is 0 Å². The molecule has 2 rings (SSSR count). The molecule has 0 saturated carbocycles. The molecule has 4 nitrogen and oxygen atoms in total. The van der Waals surface area contributed by atoms with Crippen LogP contribution in [0.15, 0.2) is 22.7 Å². The Morgan fingerprint density at radius 1 is 1.60 bits per heavy atom. The molecule has 0 unspecified atom stereocenters. The van der Waals surface area contributed by atoms with Crippen LogP contribution in [-0.2, 0) is 4.74 Å². The number of H-pyrrole nitrogens is 1. The molecule has 0 aliphatic carbocycles.